The number of fused-ring (bicyclic) bond motifs is 1. The van der Waals surface area contributed by atoms with Crippen molar-refractivity contribution < 1.29 is 19.0 Å². The van der Waals surface area contributed by atoms with Crippen molar-refractivity contribution >= 4 is 5.91 Å². The van der Waals surface area contributed by atoms with Gasteiger partial charge < -0.3 is 19.1 Å². The molecular weight excluding hydrogens is 282 g/mol. The minimum absolute atomic E-state index is 0.142. The highest BCUT2D eigenvalue weighted by molar-refractivity contribution is 5.79. The van der Waals surface area contributed by atoms with Crippen molar-refractivity contribution in [2.75, 3.05) is 39.6 Å². The lowest BCUT2D eigenvalue weighted by Crippen LogP contribution is -2.53. The van der Waals surface area contributed by atoms with E-state index in [1.54, 1.807) is 6.08 Å². The van der Waals surface area contributed by atoms with Crippen LogP contribution in [0.3, 0.4) is 0 Å². The third kappa shape index (κ3) is 3.53. The number of ether oxygens (including phenoxy) is 3. The first kappa shape index (κ1) is 16.0. The van der Waals surface area contributed by atoms with E-state index in [1.165, 1.54) is 0 Å². The zero-order chi connectivity index (χ0) is 15.4. The molecule has 0 spiro atoms. The van der Waals surface area contributed by atoms with Gasteiger partial charge in [0.05, 0.1) is 25.4 Å². The van der Waals surface area contributed by atoms with Crippen molar-refractivity contribution in [3.05, 3.63) is 12.7 Å². The fourth-order valence-corrected chi connectivity index (χ4v) is 3.96. The van der Waals surface area contributed by atoms with Crippen LogP contribution in [0.2, 0.25) is 0 Å². The number of morpholine rings is 1. The minimum Gasteiger partial charge on any atom is -0.381 e. The highest BCUT2D eigenvalue weighted by atomic mass is 16.5. The summed E-state index contributed by atoms with van der Waals surface area (Å²) in [5.41, 5.74) is 0. The number of carbonyl (C=O) groups excluding carboxylic acids is 1. The molecular formula is C17H27NO4. The van der Waals surface area contributed by atoms with Gasteiger partial charge in [-0.25, -0.2) is 0 Å². The van der Waals surface area contributed by atoms with Gasteiger partial charge in [-0.05, 0) is 31.6 Å². The van der Waals surface area contributed by atoms with Crippen LogP contribution < -0.4 is 0 Å². The molecule has 3 fully saturated rings. The summed E-state index contributed by atoms with van der Waals surface area (Å²) in [5.74, 6) is 0.941. The summed E-state index contributed by atoms with van der Waals surface area (Å²) in [5, 5.41) is 0. The molecule has 2 aliphatic heterocycles. The summed E-state index contributed by atoms with van der Waals surface area (Å²) < 4.78 is 16.9. The molecule has 0 radical (unpaired) electrons. The quantitative estimate of drug-likeness (QED) is 0.572. The van der Waals surface area contributed by atoms with E-state index in [0.29, 0.717) is 38.3 Å². The lowest BCUT2D eigenvalue weighted by molar-refractivity contribution is -0.151. The molecule has 3 rings (SSSR count). The second-order valence-electron chi connectivity index (χ2n) is 6.56. The Morgan fingerprint density at radius 3 is 2.86 bits per heavy atom. The van der Waals surface area contributed by atoms with E-state index in [2.05, 4.69) is 11.5 Å². The largest absolute Gasteiger partial charge is 0.381 e. The van der Waals surface area contributed by atoms with Gasteiger partial charge in [0.15, 0.2) is 0 Å². The second-order valence-corrected chi connectivity index (χ2v) is 6.56. The minimum atomic E-state index is 0.142. The lowest BCUT2D eigenvalue weighted by atomic mass is 9.96. The van der Waals surface area contributed by atoms with Crippen LogP contribution in [-0.2, 0) is 19.0 Å². The van der Waals surface area contributed by atoms with Crippen LogP contribution in [0.25, 0.3) is 0 Å². The van der Waals surface area contributed by atoms with Crippen molar-refractivity contribution in [2.24, 2.45) is 11.8 Å². The normalized spacial score (nSPS) is 32.7. The Morgan fingerprint density at radius 2 is 2.09 bits per heavy atom. The summed E-state index contributed by atoms with van der Waals surface area (Å²) in [7, 11) is 0. The molecule has 5 heteroatoms. The van der Waals surface area contributed by atoms with E-state index in [-0.39, 0.29) is 18.1 Å². The van der Waals surface area contributed by atoms with Gasteiger partial charge in [0.1, 0.15) is 0 Å². The Balaban J connectivity index is 1.58. The third-order valence-electron chi connectivity index (χ3n) is 5.08. The van der Waals surface area contributed by atoms with Crippen molar-refractivity contribution in [2.45, 2.75) is 37.8 Å². The number of nitrogens with zero attached hydrogens (tertiary/aromatic N) is 1. The van der Waals surface area contributed by atoms with Gasteiger partial charge in [0.2, 0.25) is 5.91 Å². The second kappa shape index (κ2) is 7.57. The molecule has 0 aromatic carbocycles. The molecule has 124 valence electrons. The predicted molar refractivity (Wildman–Crippen MR) is 82.5 cm³/mol. The molecule has 0 bridgehead atoms. The fourth-order valence-electron chi connectivity index (χ4n) is 3.96. The summed E-state index contributed by atoms with van der Waals surface area (Å²) in [6.07, 6.45) is 5.68. The molecule has 2 heterocycles. The van der Waals surface area contributed by atoms with Crippen LogP contribution in [0.4, 0.5) is 0 Å². The summed E-state index contributed by atoms with van der Waals surface area (Å²) in [4.78, 5) is 14.9. The van der Waals surface area contributed by atoms with E-state index in [9.17, 15) is 4.79 Å². The maximum Gasteiger partial charge on any atom is 0.226 e. The molecule has 0 aromatic rings. The monoisotopic (exact) mass is 309 g/mol. The highest BCUT2D eigenvalue weighted by Gasteiger charge is 2.44. The molecule has 3 atom stereocenters. The van der Waals surface area contributed by atoms with Crippen LogP contribution in [0.1, 0.15) is 25.7 Å². The number of carbonyl (C=O) groups is 1. The van der Waals surface area contributed by atoms with Gasteiger partial charge >= 0.3 is 0 Å². The van der Waals surface area contributed by atoms with Crippen molar-refractivity contribution in [1.29, 1.82) is 0 Å². The molecule has 5 nitrogen and oxygen atoms in total. The van der Waals surface area contributed by atoms with Crippen LogP contribution in [-0.4, -0.2) is 62.5 Å². The van der Waals surface area contributed by atoms with Crippen molar-refractivity contribution in [3.8, 4) is 0 Å². The van der Waals surface area contributed by atoms with Crippen LogP contribution in [0, 0.1) is 11.8 Å². The van der Waals surface area contributed by atoms with E-state index in [0.717, 1.165) is 38.8 Å². The average molecular weight is 309 g/mol. The Hall–Kier alpha value is -0.910. The molecule has 1 saturated carbocycles. The van der Waals surface area contributed by atoms with Crippen molar-refractivity contribution in [1.82, 2.24) is 4.90 Å². The molecule has 1 aliphatic carbocycles. The van der Waals surface area contributed by atoms with E-state index in [4.69, 9.17) is 14.2 Å². The number of rotatable bonds is 5. The smallest absolute Gasteiger partial charge is 0.226 e. The first-order valence-corrected chi connectivity index (χ1v) is 8.48. The van der Waals surface area contributed by atoms with E-state index < -0.39 is 0 Å². The molecule has 22 heavy (non-hydrogen) atoms. The molecule has 1 unspecified atom stereocenters. The van der Waals surface area contributed by atoms with Gasteiger partial charge in [-0.1, -0.05) is 6.08 Å². The Kier molecular flexibility index (Phi) is 5.50. The van der Waals surface area contributed by atoms with Gasteiger partial charge in [0.25, 0.3) is 0 Å². The Labute approximate surface area is 132 Å². The number of hydrogen-bond donors (Lipinski definition) is 0. The van der Waals surface area contributed by atoms with Gasteiger partial charge in [-0.3, -0.25) is 4.79 Å². The maximum atomic E-state index is 12.8. The summed E-state index contributed by atoms with van der Waals surface area (Å²) >= 11 is 0. The number of hydrogen-bond acceptors (Lipinski definition) is 4. The van der Waals surface area contributed by atoms with E-state index in [1.807, 2.05) is 0 Å². The lowest BCUT2D eigenvalue weighted by Gasteiger charge is -2.40. The van der Waals surface area contributed by atoms with Crippen LogP contribution in [0.5, 0.6) is 0 Å². The molecule has 2 saturated heterocycles. The SMILES string of the molecule is C=CCOCC1C[C@@H]2OCCN(C(=O)C3CCOCC3)[C@H]2C1. The summed E-state index contributed by atoms with van der Waals surface area (Å²) in [6.45, 7) is 7.83. The average Bonchev–Trinajstić information content (AvgIpc) is 2.98. The van der Waals surface area contributed by atoms with E-state index >= 15 is 0 Å². The first-order valence-electron chi connectivity index (χ1n) is 8.48. The molecule has 0 aromatic heterocycles. The van der Waals surface area contributed by atoms with Crippen molar-refractivity contribution in [3.63, 3.8) is 0 Å². The summed E-state index contributed by atoms with van der Waals surface area (Å²) in [6, 6.07) is 0.237. The topological polar surface area (TPSA) is 48.0 Å². The molecule has 3 aliphatic rings. The third-order valence-corrected chi connectivity index (χ3v) is 5.08. The highest BCUT2D eigenvalue weighted by Crippen LogP contribution is 2.35. The zero-order valence-corrected chi connectivity index (χ0v) is 13.2. The molecule has 0 N–H and O–H groups in total. The molecule has 1 amide bonds. The van der Waals surface area contributed by atoms with Gasteiger partial charge in [-0.15, -0.1) is 6.58 Å². The Morgan fingerprint density at radius 1 is 1.27 bits per heavy atom. The first-order chi connectivity index (χ1) is 10.8. The van der Waals surface area contributed by atoms with Crippen LogP contribution in [0.15, 0.2) is 12.7 Å². The maximum absolute atomic E-state index is 12.8. The van der Waals surface area contributed by atoms with Gasteiger partial charge in [-0.2, -0.15) is 0 Å². The standard InChI is InChI=1S/C17H27NO4/c1-2-6-21-12-13-10-15-16(11-13)22-9-5-18(15)17(19)14-3-7-20-8-4-14/h2,13-16H,1,3-12H2/t13?,15-,16-/m0/s1. The zero-order valence-electron chi connectivity index (χ0n) is 13.2. The number of amides is 1. The predicted octanol–water partition coefficient (Wildman–Crippen LogP) is 1.62. The fraction of sp³-hybridized carbons (Fsp3) is 0.824. The van der Waals surface area contributed by atoms with Crippen LogP contribution >= 0.6 is 0 Å². The Bertz CT molecular complexity index is 394. The van der Waals surface area contributed by atoms with Gasteiger partial charge in [0, 0.05) is 32.3 Å².